The Bertz CT molecular complexity index is 1150. The van der Waals surface area contributed by atoms with Crippen LogP contribution in [0.3, 0.4) is 0 Å². The largest absolute Gasteiger partial charge is 0.383 e. The van der Waals surface area contributed by atoms with Crippen LogP contribution in [0.4, 0.5) is 5.69 Å². The molecule has 0 N–H and O–H groups in total. The van der Waals surface area contributed by atoms with Crippen LogP contribution in [0.5, 0.6) is 0 Å². The number of hydrogen-bond acceptors (Lipinski definition) is 7. The third kappa shape index (κ3) is 4.27. The molecule has 0 amide bonds. The summed E-state index contributed by atoms with van der Waals surface area (Å²) in [5.74, 6) is 0. The van der Waals surface area contributed by atoms with Gasteiger partial charge in [-0.25, -0.2) is 9.78 Å². The highest BCUT2D eigenvalue weighted by Gasteiger charge is 2.18. The second-order valence-corrected chi connectivity index (χ2v) is 7.51. The van der Waals surface area contributed by atoms with Gasteiger partial charge in [-0.05, 0) is 24.3 Å². The number of anilines is 1. The molecular weight excluding hydrogens is 384 g/mol. The average molecular weight is 410 g/mol. The van der Waals surface area contributed by atoms with E-state index in [9.17, 15) is 9.59 Å². The standard InChI is InChI=1S/C21H26N6O3/c1-24-6-5-16(23-21(24)29)14-25-7-9-26(10-8-25)17-3-4-18-19(13-17)22-15-27(20(18)28)11-12-30-2/h3-6,13,15H,7-12,14H2,1-2H3. The summed E-state index contributed by atoms with van der Waals surface area (Å²) in [5.41, 5.74) is 2.30. The quantitative estimate of drug-likeness (QED) is 0.584. The van der Waals surface area contributed by atoms with Gasteiger partial charge < -0.3 is 14.2 Å². The number of nitrogens with zero attached hydrogens (tertiary/aromatic N) is 6. The van der Waals surface area contributed by atoms with Gasteiger partial charge in [0.2, 0.25) is 0 Å². The van der Waals surface area contributed by atoms with Crippen molar-refractivity contribution in [1.29, 1.82) is 0 Å². The van der Waals surface area contributed by atoms with Gasteiger partial charge in [-0.2, -0.15) is 4.98 Å². The molecule has 0 atom stereocenters. The molecule has 1 fully saturated rings. The maximum atomic E-state index is 12.6. The zero-order valence-corrected chi connectivity index (χ0v) is 17.3. The molecule has 0 bridgehead atoms. The number of rotatable bonds is 6. The summed E-state index contributed by atoms with van der Waals surface area (Å²) < 4.78 is 8.10. The number of aromatic nitrogens is 4. The van der Waals surface area contributed by atoms with Crippen LogP contribution in [0.2, 0.25) is 0 Å². The van der Waals surface area contributed by atoms with E-state index in [0.29, 0.717) is 30.6 Å². The van der Waals surface area contributed by atoms with E-state index in [1.807, 2.05) is 24.3 Å². The van der Waals surface area contributed by atoms with Gasteiger partial charge in [0.25, 0.3) is 5.56 Å². The fourth-order valence-electron chi connectivity index (χ4n) is 3.67. The van der Waals surface area contributed by atoms with Crippen LogP contribution in [-0.2, 0) is 24.9 Å². The summed E-state index contributed by atoms with van der Waals surface area (Å²) in [4.78, 5) is 37.5. The molecule has 0 spiro atoms. The Hall–Kier alpha value is -3.04. The van der Waals surface area contributed by atoms with Crippen molar-refractivity contribution in [3.8, 4) is 0 Å². The zero-order valence-electron chi connectivity index (χ0n) is 17.3. The molecule has 0 aliphatic carbocycles. The Morgan fingerprint density at radius 3 is 2.63 bits per heavy atom. The first-order valence-electron chi connectivity index (χ1n) is 10.0. The second kappa shape index (κ2) is 8.76. The molecule has 4 rings (SSSR count). The molecule has 3 aromatic rings. The second-order valence-electron chi connectivity index (χ2n) is 7.51. The Kier molecular flexibility index (Phi) is 5.91. The van der Waals surface area contributed by atoms with Crippen molar-refractivity contribution in [1.82, 2.24) is 24.0 Å². The van der Waals surface area contributed by atoms with Crippen LogP contribution in [-0.4, -0.2) is 63.9 Å². The predicted molar refractivity (Wildman–Crippen MR) is 115 cm³/mol. The third-order valence-electron chi connectivity index (χ3n) is 5.50. The smallest absolute Gasteiger partial charge is 0.347 e. The Balaban J connectivity index is 1.43. The SMILES string of the molecule is COCCn1cnc2cc(N3CCN(Cc4ccn(C)c(=O)n4)CC3)ccc2c1=O. The minimum absolute atomic E-state index is 0.0464. The van der Waals surface area contributed by atoms with Crippen LogP contribution >= 0.6 is 0 Å². The van der Waals surface area contributed by atoms with Gasteiger partial charge in [-0.3, -0.25) is 14.3 Å². The number of benzene rings is 1. The normalized spacial score (nSPS) is 15.1. The van der Waals surface area contributed by atoms with Gasteiger partial charge >= 0.3 is 5.69 Å². The molecule has 1 saturated heterocycles. The number of fused-ring (bicyclic) bond motifs is 1. The van der Waals surface area contributed by atoms with Crippen molar-refractivity contribution in [2.45, 2.75) is 13.1 Å². The highest BCUT2D eigenvalue weighted by molar-refractivity contribution is 5.81. The van der Waals surface area contributed by atoms with Crippen molar-refractivity contribution in [2.75, 3.05) is 44.8 Å². The van der Waals surface area contributed by atoms with Crippen molar-refractivity contribution < 1.29 is 4.74 Å². The summed E-state index contributed by atoms with van der Waals surface area (Å²) in [7, 11) is 3.31. The summed E-state index contributed by atoms with van der Waals surface area (Å²) in [5, 5.41) is 0.618. The molecular formula is C21H26N6O3. The molecule has 2 aromatic heterocycles. The third-order valence-corrected chi connectivity index (χ3v) is 5.50. The molecule has 3 heterocycles. The van der Waals surface area contributed by atoms with Gasteiger partial charge in [0.15, 0.2) is 0 Å². The van der Waals surface area contributed by atoms with Gasteiger partial charge in [0.05, 0.1) is 36.1 Å². The molecule has 30 heavy (non-hydrogen) atoms. The fourth-order valence-corrected chi connectivity index (χ4v) is 3.67. The monoisotopic (exact) mass is 410 g/mol. The van der Waals surface area contributed by atoms with Crippen molar-refractivity contribution in [3.63, 3.8) is 0 Å². The zero-order chi connectivity index (χ0) is 21.1. The Morgan fingerprint density at radius 2 is 1.90 bits per heavy atom. The maximum absolute atomic E-state index is 12.6. The van der Waals surface area contributed by atoms with Crippen LogP contribution < -0.4 is 16.1 Å². The first-order chi connectivity index (χ1) is 14.5. The van der Waals surface area contributed by atoms with Crippen LogP contribution in [0.1, 0.15) is 5.69 Å². The number of aryl methyl sites for hydroxylation is 1. The van der Waals surface area contributed by atoms with E-state index in [0.717, 1.165) is 37.6 Å². The van der Waals surface area contributed by atoms with Crippen LogP contribution in [0.25, 0.3) is 10.9 Å². The van der Waals surface area contributed by atoms with Gasteiger partial charge in [-0.15, -0.1) is 0 Å². The predicted octanol–water partition coefficient (Wildman–Crippen LogP) is 0.459. The molecule has 1 aliphatic rings. The molecule has 0 radical (unpaired) electrons. The van der Waals surface area contributed by atoms with Crippen molar-refractivity contribution >= 4 is 16.6 Å². The minimum atomic E-state index is -0.226. The number of piperazine rings is 1. The molecule has 9 heteroatoms. The summed E-state index contributed by atoms with van der Waals surface area (Å²) >= 11 is 0. The van der Waals surface area contributed by atoms with Gasteiger partial charge in [-0.1, -0.05) is 0 Å². The van der Waals surface area contributed by atoms with E-state index >= 15 is 0 Å². The van der Waals surface area contributed by atoms with Crippen LogP contribution in [0, 0.1) is 0 Å². The summed E-state index contributed by atoms with van der Waals surface area (Å²) in [6.07, 6.45) is 3.34. The lowest BCUT2D eigenvalue weighted by molar-refractivity contribution is 0.186. The number of ether oxygens (including phenoxy) is 1. The van der Waals surface area contributed by atoms with E-state index in [4.69, 9.17) is 4.74 Å². The van der Waals surface area contributed by atoms with Crippen molar-refractivity contribution in [2.24, 2.45) is 7.05 Å². The van der Waals surface area contributed by atoms with Crippen LogP contribution in [0.15, 0.2) is 46.4 Å². The molecule has 1 aliphatic heterocycles. The minimum Gasteiger partial charge on any atom is -0.383 e. The summed E-state index contributed by atoms with van der Waals surface area (Å²) in [6.45, 7) is 5.11. The van der Waals surface area contributed by atoms with E-state index in [-0.39, 0.29) is 11.2 Å². The van der Waals surface area contributed by atoms with Gasteiger partial charge in [0.1, 0.15) is 0 Å². The molecule has 9 nitrogen and oxygen atoms in total. The maximum Gasteiger partial charge on any atom is 0.347 e. The topological polar surface area (TPSA) is 85.5 Å². The fraction of sp³-hybridized carbons (Fsp3) is 0.429. The molecule has 0 saturated carbocycles. The molecule has 158 valence electrons. The van der Waals surface area contributed by atoms with E-state index in [1.54, 1.807) is 31.2 Å². The van der Waals surface area contributed by atoms with E-state index in [2.05, 4.69) is 19.8 Å². The lowest BCUT2D eigenvalue weighted by atomic mass is 10.2. The lowest BCUT2D eigenvalue weighted by Gasteiger charge is -2.36. The van der Waals surface area contributed by atoms with E-state index in [1.165, 1.54) is 4.57 Å². The summed E-state index contributed by atoms with van der Waals surface area (Å²) in [6, 6.07) is 7.72. The first kappa shape index (κ1) is 20.2. The highest BCUT2D eigenvalue weighted by atomic mass is 16.5. The first-order valence-corrected chi connectivity index (χ1v) is 10.0. The molecule has 1 aromatic carbocycles. The molecule has 0 unspecified atom stereocenters. The number of hydrogen-bond donors (Lipinski definition) is 0. The Morgan fingerprint density at radius 1 is 1.10 bits per heavy atom. The van der Waals surface area contributed by atoms with Crippen molar-refractivity contribution in [3.05, 3.63) is 63.3 Å². The highest BCUT2D eigenvalue weighted by Crippen LogP contribution is 2.20. The lowest BCUT2D eigenvalue weighted by Crippen LogP contribution is -2.46. The number of methoxy groups -OCH3 is 1. The van der Waals surface area contributed by atoms with E-state index < -0.39 is 0 Å². The van der Waals surface area contributed by atoms with Gasteiger partial charge in [0, 0.05) is 58.8 Å². The average Bonchev–Trinajstić information content (AvgIpc) is 2.76. The Labute approximate surface area is 174 Å².